The number of hydrogen-bond acceptors (Lipinski definition) is 5. The molecule has 3 aromatic rings. The van der Waals surface area contributed by atoms with Crippen LogP contribution in [-0.4, -0.2) is 34.4 Å². The molecule has 0 amide bonds. The van der Waals surface area contributed by atoms with Gasteiger partial charge in [0.2, 0.25) is 5.82 Å². The maximum Gasteiger partial charge on any atom is 0.205 e. The van der Waals surface area contributed by atoms with Gasteiger partial charge in [0.1, 0.15) is 11.5 Å². The van der Waals surface area contributed by atoms with Gasteiger partial charge in [-0.3, -0.25) is 0 Å². The maximum absolute atomic E-state index is 5.21. The van der Waals surface area contributed by atoms with E-state index in [9.17, 15) is 0 Å². The molecule has 0 spiro atoms. The molecule has 0 saturated carbocycles. The standard InChI is InChI=1S/C16H16N4O2/c1-21-14-7-3-5-12(9-14)11-20-18-16(17-19-20)13-6-4-8-15(10-13)22-2/h3-10H,11H2,1-2H3. The summed E-state index contributed by atoms with van der Waals surface area (Å²) in [6.45, 7) is 0.536. The minimum atomic E-state index is 0.536. The second-order valence-electron chi connectivity index (χ2n) is 4.73. The van der Waals surface area contributed by atoms with Crippen LogP contribution in [0.15, 0.2) is 48.5 Å². The third-order valence-corrected chi connectivity index (χ3v) is 3.24. The number of ether oxygens (including phenoxy) is 2. The molecule has 0 bridgehead atoms. The summed E-state index contributed by atoms with van der Waals surface area (Å²) in [6.07, 6.45) is 0. The van der Waals surface area contributed by atoms with E-state index in [1.165, 1.54) is 0 Å². The number of nitrogens with zero attached hydrogens (tertiary/aromatic N) is 4. The van der Waals surface area contributed by atoms with Crippen molar-refractivity contribution in [2.24, 2.45) is 0 Å². The van der Waals surface area contributed by atoms with Gasteiger partial charge in [-0.05, 0) is 35.0 Å². The predicted octanol–water partition coefficient (Wildman–Crippen LogP) is 2.41. The first-order valence-electron chi connectivity index (χ1n) is 6.83. The minimum Gasteiger partial charge on any atom is -0.497 e. The predicted molar refractivity (Wildman–Crippen MR) is 81.9 cm³/mol. The van der Waals surface area contributed by atoms with Crippen molar-refractivity contribution < 1.29 is 9.47 Å². The lowest BCUT2D eigenvalue weighted by atomic mass is 10.2. The molecule has 0 aliphatic carbocycles. The lowest BCUT2D eigenvalue weighted by Gasteiger charge is -2.03. The van der Waals surface area contributed by atoms with E-state index >= 15 is 0 Å². The Morgan fingerprint density at radius 3 is 2.45 bits per heavy atom. The van der Waals surface area contributed by atoms with E-state index in [2.05, 4.69) is 15.4 Å². The first kappa shape index (κ1) is 14.1. The number of tetrazole rings is 1. The van der Waals surface area contributed by atoms with E-state index in [4.69, 9.17) is 9.47 Å². The third kappa shape index (κ3) is 3.06. The van der Waals surface area contributed by atoms with Crippen LogP contribution in [-0.2, 0) is 6.54 Å². The Kier molecular flexibility index (Phi) is 4.00. The molecule has 6 nitrogen and oxygen atoms in total. The summed E-state index contributed by atoms with van der Waals surface area (Å²) in [7, 11) is 3.28. The molecule has 22 heavy (non-hydrogen) atoms. The zero-order valence-corrected chi connectivity index (χ0v) is 12.4. The molecule has 0 atom stereocenters. The van der Waals surface area contributed by atoms with Crippen molar-refractivity contribution >= 4 is 0 Å². The van der Waals surface area contributed by atoms with Crippen LogP contribution in [0.4, 0.5) is 0 Å². The van der Waals surface area contributed by atoms with Crippen LogP contribution >= 0.6 is 0 Å². The van der Waals surface area contributed by atoms with Gasteiger partial charge in [-0.25, -0.2) is 0 Å². The highest BCUT2D eigenvalue weighted by molar-refractivity contribution is 5.56. The Bertz CT molecular complexity index is 770. The Balaban J connectivity index is 1.81. The SMILES string of the molecule is COc1cccc(Cn2nnc(-c3cccc(OC)c3)n2)c1. The van der Waals surface area contributed by atoms with Gasteiger partial charge in [0.05, 0.1) is 20.8 Å². The van der Waals surface area contributed by atoms with Crippen molar-refractivity contribution in [1.82, 2.24) is 20.2 Å². The summed E-state index contributed by atoms with van der Waals surface area (Å²) in [5.41, 5.74) is 1.92. The second-order valence-corrected chi connectivity index (χ2v) is 4.73. The molecular formula is C16H16N4O2. The number of methoxy groups -OCH3 is 2. The van der Waals surface area contributed by atoms with Crippen LogP contribution in [0.1, 0.15) is 5.56 Å². The minimum absolute atomic E-state index is 0.536. The van der Waals surface area contributed by atoms with E-state index in [0.29, 0.717) is 12.4 Å². The summed E-state index contributed by atoms with van der Waals surface area (Å²) in [5, 5.41) is 12.6. The van der Waals surface area contributed by atoms with Gasteiger partial charge in [-0.15, -0.1) is 10.2 Å². The zero-order chi connectivity index (χ0) is 15.4. The normalized spacial score (nSPS) is 10.5. The quantitative estimate of drug-likeness (QED) is 0.723. The van der Waals surface area contributed by atoms with E-state index in [-0.39, 0.29) is 0 Å². The monoisotopic (exact) mass is 296 g/mol. The zero-order valence-electron chi connectivity index (χ0n) is 12.4. The average molecular weight is 296 g/mol. The van der Waals surface area contributed by atoms with Gasteiger partial charge < -0.3 is 9.47 Å². The highest BCUT2D eigenvalue weighted by Gasteiger charge is 2.07. The molecule has 1 heterocycles. The van der Waals surface area contributed by atoms with Crippen LogP contribution in [0.3, 0.4) is 0 Å². The van der Waals surface area contributed by atoms with Crippen molar-refractivity contribution in [3.8, 4) is 22.9 Å². The number of rotatable bonds is 5. The fourth-order valence-electron chi connectivity index (χ4n) is 2.12. The highest BCUT2D eigenvalue weighted by Crippen LogP contribution is 2.20. The molecule has 112 valence electrons. The fraction of sp³-hybridized carbons (Fsp3) is 0.188. The van der Waals surface area contributed by atoms with E-state index < -0.39 is 0 Å². The molecule has 0 aliphatic heterocycles. The molecule has 1 aromatic heterocycles. The number of benzene rings is 2. The Morgan fingerprint density at radius 1 is 0.955 bits per heavy atom. The Hall–Kier alpha value is -2.89. The first-order valence-corrected chi connectivity index (χ1v) is 6.83. The molecule has 6 heteroatoms. The average Bonchev–Trinajstić information content (AvgIpc) is 3.03. The van der Waals surface area contributed by atoms with Crippen molar-refractivity contribution in [2.75, 3.05) is 14.2 Å². The van der Waals surface area contributed by atoms with Gasteiger partial charge in [0.15, 0.2) is 0 Å². The van der Waals surface area contributed by atoms with Gasteiger partial charge in [0.25, 0.3) is 0 Å². The molecule has 0 radical (unpaired) electrons. The Morgan fingerprint density at radius 2 is 1.68 bits per heavy atom. The molecular weight excluding hydrogens is 280 g/mol. The molecule has 0 fully saturated rings. The summed E-state index contributed by atoms with van der Waals surface area (Å²) >= 11 is 0. The van der Waals surface area contributed by atoms with Gasteiger partial charge in [-0.2, -0.15) is 4.80 Å². The van der Waals surface area contributed by atoms with Crippen LogP contribution < -0.4 is 9.47 Å². The molecule has 0 aliphatic rings. The van der Waals surface area contributed by atoms with Crippen LogP contribution in [0, 0.1) is 0 Å². The van der Waals surface area contributed by atoms with Crippen molar-refractivity contribution in [3.63, 3.8) is 0 Å². The third-order valence-electron chi connectivity index (χ3n) is 3.24. The Labute approximate surface area is 128 Å². The van der Waals surface area contributed by atoms with Crippen molar-refractivity contribution in [2.45, 2.75) is 6.54 Å². The van der Waals surface area contributed by atoms with E-state index in [0.717, 1.165) is 22.6 Å². The van der Waals surface area contributed by atoms with Gasteiger partial charge in [0, 0.05) is 5.56 Å². The molecule has 0 saturated heterocycles. The molecule has 0 N–H and O–H groups in total. The summed E-state index contributed by atoms with van der Waals surface area (Å²) in [6, 6.07) is 15.4. The molecule has 2 aromatic carbocycles. The number of hydrogen-bond donors (Lipinski definition) is 0. The smallest absolute Gasteiger partial charge is 0.205 e. The lowest BCUT2D eigenvalue weighted by molar-refractivity contribution is 0.413. The highest BCUT2D eigenvalue weighted by atomic mass is 16.5. The summed E-state index contributed by atoms with van der Waals surface area (Å²) < 4.78 is 10.4. The maximum atomic E-state index is 5.21. The largest absolute Gasteiger partial charge is 0.497 e. The van der Waals surface area contributed by atoms with E-state index in [1.807, 2.05) is 48.5 Å². The van der Waals surface area contributed by atoms with Crippen LogP contribution in [0.5, 0.6) is 11.5 Å². The van der Waals surface area contributed by atoms with Gasteiger partial charge >= 0.3 is 0 Å². The van der Waals surface area contributed by atoms with Crippen LogP contribution in [0.25, 0.3) is 11.4 Å². The first-order chi connectivity index (χ1) is 10.8. The topological polar surface area (TPSA) is 62.1 Å². The second kappa shape index (κ2) is 6.26. The number of aromatic nitrogens is 4. The van der Waals surface area contributed by atoms with Crippen LogP contribution in [0.2, 0.25) is 0 Å². The molecule has 0 unspecified atom stereocenters. The van der Waals surface area contributed by atoms with Gasteiger partial charge in [-0.1, -0.05) is 24.3 Å². The van der Waals surface area contributed by atoms with Crippen molar-refractivity contribution in [1.29, 1.82) is 0 Å². The fourth-order valence-corrected chi connectivity index (χ4v) is 2.12. The molecule has 3 rings (SSSR count). The van der Waals surface area contributed by atoms with Crippen molar-refractivity contribution in [3.05, 3.63) is 54.1 Å². The summed E-state index contributed by atoms with van der Waals surface area (Å²) in [4.78, 5) is 1.56. The van der Waals surface area contributed by atoms with E-state index in [1.54, 1.807) is 19.0 Å². The lowest BCUT2D eigenvalue weighted by Crippen LogP contribution is -2.04. The summed E-state index contributed by atoms with van der Waals surface area (Å²) in [5.74, 6) is 2.15.